The molecular weight excluding hydrogens is 369 g/mol. The number of nitrogens with zero attached hydrogens (tertiary/aromatic N) is 4. The fourth-order valence-corrected chi connectivity index (χ4v) is 3.73. The molecule has 1 aromatic carbocycles. The van der Waals surface area contributed by atoms with Crippen LogP contribution < -0.4 is 4.90 Å². The van der Waals surface area contributed by atoms with Crippen LogP contribution in [0.2, 0.25) is 0 Å². The minimum atomic E-state index is -4.36. The van der Waals surface area contributed by atoms with E-state index in [1.165, 1.54) is 6.20 Å². The number of hydrogen-bond acceptors (Lipinski definition) is 4. The van der Waals surface area contributed by atoms with Gasteiger partial charge in [-0.2, -0.15) is 13.2 Å². The maximum Gasteiger partial charge on any atom is 0.416 e. The lowest BCUT2D eigenvalue weighted by molar-refractivity contribution is -0.137. The van der Waals surface area contributed by atoms with Crippen LogP contribution in [0.1, 0.15) is 21.5 Å². The van der Waals surface area contributed by atoms with Gasteiger partial charge in [-0.3, -0.25) is 9.69 Å². The van der Waals surface area contributed by atoms with Crippen molar-refractivity contribution in [1.29, 1.82) is 0 Å². The molecule has 0 atom stereocenters. The summed E-state index contributed by atoms with van der Waals surface area (Å²) in [4.78, 5) is 22.5. The zero-order valence-corrected chi connectivity index (χ0v) is 15.3. The van der Waals surface area contributed by atoms with Crippen LogP contribution in [0.25, 0.3) is 0 Å². The minimum absolute atomic E-state index is 0.0717. The molecule has 1 amide bonds. The third-order valence-corrected chi connectivity index (χ3v) is 5.35. The average molecular weight is 390 g/mol. The summed E-state index contributed by atoms with van der Waals surface area (Å²) in [6, 6.07) is 9.76. The number of piperazine rings is 1. The number of fused-ring (bicyclic) bond motifs is 1. The number of alkyl halides is 3. The molecule has 28 heavy (non-hydrogen) atoms. The molecule has 0 radical (unpaired) electrons. The first-order valence-corrected chi connectivity index (χ1v) is 9.29. The van der Waals surface area contributed by atoms with Gasteiger partial charge in [0, 0.05) is 57.6 Å². The molecule has 1 fully saturated rings. The van der Waals surface area contributed by atoms with E-state index in [9.17, 15) is 18.0 Å². The van der Waals surface area contributed by atoms with Crippen LogP contribution in [0.5, 0.6) is 0 Å². The number of aromatic nitrogens is 1. The molecule has 2 aliphatic heterocycles. The van der Waals surface area contributed by atoms with Gasteiger partial charge in [0.05, 0.1) is 5.56 Å². The van der Waals surface area contributed by atoms with Gasteiger partial charge in [-0.05, 0) is 23.8 Å². The highest BCUT2D eigenvalue weighted by molar-refractivity contribution is 5.98. The highest BCUT2D eigenvalue weighted by atomic mass is 19.4. The van der Waals surface area contributed by atoms with Crippen molar-refractivity contribution in [2.75, 3.05) is 44.2 Å². The summed E-state index contributed by atoms with van der Waals surface area (Å²) in [5.74, 6) is 0.432. The lowest BCUT2D eigenvalue weighted by Gasteiger charge is -2.36. The Bertz CT molecular complexity index is 863. The van der Waals surface area contributed by atoms with E-state index in [-0.39, 0.29) is 5.91 Å². The molecule has 8 heteroatoms. The van der Waals surface area contributed by atoms with E-state index >= 15 is 0 Å². The summed E-state index contributed by atoms with van der Waals surface area (Å²) in [5.41, 5.74) is 1.17. The molecule has 0 spiro atoms. The first-order valence-electron chi connectivity index (χ1n) is 9.29. The molecule has 2 aromatic rings. The second kappa shape index (κ2) is 7.43. The van der Waals surface area contributed by atoms with Crippen molar-refractivity contribution in [2.24, 2.45) is 0 Å². The maximum atomic E-state index is 12.9. The Balaban J connectivity index is 1.29. The molecule has 5 nitrogen and oxygen atoms in total. The number of rotatable bonds is 4. The number of anilines is 1. The number of benzene rings is 1. The van der Waals surface area contributed by atoms with Gasteiger partial charge in [0.25, 0.3) is 5.91 Å². The van der Waals surface area contributed by atoms with Crippen LogP contribution in [0.4, 0.5) is 19.0 Å². The Morgan fingerprint density at radius 1 is 1.00 bits per heavy atom. The Morgan fingerprint density at radius 3 is 2.46 bits per heavy atom. The van der Waals surface area contributed by atoms with Crippen molar-refractivity contribution in [3.05, 3.63) is 59.3 Å². The molecule has 148 valence electrons. The predicted molar refractivity (Wildman–Crippen MR) is 99.1 cm³/mol. The summed E-state index contributed by atoms with van der Waals surface area (Å²) in [6.07, 6.45) is -3.15. The smallest absolute Gasteiger partial charge is 0.354 e. The van der Waals surface area contributed by atoms with Crippen molar-refractivity contribution >= 4 is 11.7 Å². The molecule has 0 N–H and O–H groups in total. The molecule has 0 bridgehead atoms. The van der Waals surface area contributed by atoms with E-state index < -0.39 is 11.7 Å². The van der Waals surface area contributed by atoms with Crippen molar-refractivity contribution in [1.82, 2.24) is 14.8 Å². The van der Waals surface area contributed by atoms with E-state index in [4.69, 9.17) is 0 Å². The van der Waals surface area contributed by atoms with E-state index in [0.29, 0.717) is 32.0 Å². The number of hydrogen-bond donors (Lipinski definition) is 0. The van der Waals surface area contributed by atoms with Gasteiger partial charge in [0.1, 0.15) is 5.82 Å². The van der Waals surface area contributed by atoms with Crippen LogP contribution in [0, 0.1) is 0 Å². The largest absolute Gasteiger partial charge is 0.416 e. The van der Waals surface area contributed by atoms with Gasteiger partial charge >= 0.3 is 6.18 Å². The van der Waals surface area contributed by atoms with Gasteiger partial charge in [-0.15, -0.1) is 0 Å². The van der Waals surface area contributed by atoms with Crippen molar-refractivity contribution < 1.29 is 18.0 Å². The van der Waals surface area contributed by atoms with Crippen LogP contribution >= 0.6 is 0 Å². The molecule has 4 rings (SSSR count). The second-order valence-electron chi connectivity index (χ2n) is 7.11. The zero-order valence-electron chi connectivity index (χ0n) is 15.3. The molecule has 0 aliphatic carbocycles. The van der Waals surface area contributed by atoms with E-state index in [0.717, 1.165) is 42.9 Å². The second-order valence-corrected chi connectivity index (χ2v) is 7.11. The zero-order chi connectivity index (χ0) is 19.7. The van der Waals surface area contributed by atoms with Crippen molar-refractivity contribution in [3.8, 4) is 0 Å². The number of amides is 1. The first-order chi connectivity index (χ1) is 13.4. The van der Waals surface area contributed by atoms with Crippen LogP contribution in [0.15, 0.2) is 42.6 Å². The highest BCUT2D eigenvalue weighted by Crippen LogP contribution is 2.31. The maximum absolute atomic E-state index is 12.9. The molecule has 1 aromatic heterocycles. The average Bonchev–Trinajstić information content (AvgIpc) is 3.02. The van der Waals surface area contributed by atoms with Gasteiger partial charge in [0.15, 0.2) is 0 Å². The molecular formula is C20H21F3N4O. The van der Waals surface area contributed by atoms with Crippen LogP contribution in [0.3, 0.4) is 0 Å². The Kier molecular flexibility index (Phi) is 4.97. The predicted octanol–water partition coefficient (Wildman–Crippen LogP) is 2.88. The monoisotopic (exact) mass is 390 g/mol. The third-order valence-electron chi connectivity index (χ3n) is 5.35. The SMILES string of the molecule is O=C1c2ccccc2CN1CCN1CCN(c2cc(C(F)(F)F)ccn2)CC1. The molecule has 0 unspecified atom stereocenters. The standard InChI is InChI=1S/C20H21F3N4O/c21-20(22,23)16-5-6-24-18(13-16)26-10-7-25(8-11-26)9-12-27-14-15-3-1-2-4-17(15)19(27)28/h1-6,13H,7-12,14H2. The number of halogens is 3. The van der Waals surface area contributed by atoms with Crippen LogP contribution in [-0.4, -0.2) is 60.0 Å². The Hall–Kier alpha value is -2.61. The van der Waals surface area contributed by atoms with E-state index in [1.54, 1.807) is 0 Å². The quantitative estimate of drug-likeness (QED) is 0.805. The summed E-state index contributed by atoms with van der Waals surface area (Å²) in [5, 5.41) is 0. The van der Waals surface area contributed by atoms with Gasteiger partial charge in [0.2, 0.25) is 0 Å². The topological polar surface area (TPSA) is 39.7 Å². The fraction of sp³-hybridized carbons (Fsp3) is 0.400. The molecule has 0 saturated carbocycles. The lowest BCUT2D eigenvalue weighted by Crippen LogP contribution is -2.48. The van der Waals surface area contributed by atoms with E-state index in [1.807, 2.05) is 34.1 Å². The molecule has 3 heterocycles. The van der Waals surface area contributed by atoms with Crippen molar-refractivity contribution in [3.63, 3.8) is 0 Å². The molecule has 1 saturated heterocycles. The molecule has 2 aliphatic rings. The summed E-state index contributed by atoms with van der Waals surface area (Å²) in [7, 11) is 0. The summed E-state index contributed by atoms with van der Waals surface area (Å²) >= 11 is 0. The fourth-order valence-electron chi connectivity index (χ4n) is 3.73. The Labute approximate surface area is 161 Å². The highest BCUT2D eigenvalue weighted by Gasteiger charge is 2.32. The number of carbonyl (C=O) groups is 1. The van der Waals surface area contributed by atoms with Gasteiger partial charge in [-0.25, -0.2) is 4.98 Å². The van der Waals surface area contributed by atoms with Gasteiger partial charge in [-0.1, -0.05) is 18.2 Å². The lowest BCUT2D eigenvalue weighted by atomic mass is 10.1. The summed E-state index contributed by atoms with van der Waals surface area (Å²) < 4.78 is 38.7. The van der Waals surface area contributed by atoms with E-state index in [2.05, 4.69) is 9.88 Å². The first kappa shape index (κ1) is 18.7. The summed E-state index contributed by atoms with van der Waals surface area (Å²) in [6.45, 7) is 4.73. The Morgan fingerprint density at radius 2 is 1.75 bits per heavy atom. The van der Waals surface area contributed by atoms with Crippen molar-refractivity contribution in [2.45, 2.75) is 12.7 Å². The normalized spacial score (nSPS) is 17.9. The minimum Gasteiger partial charge on any atom is -0.354 e. The number of carbonyl (C=O) groups excluding carboxylic acids is 1. The van der Waals surface area contributed by atoms with Crippen LogP contribution in [-0.2, 0) is 12.7 Å². The third kappa shape index (κ3) is 3.82. The van der Waals surface area contributed by atoms with Gasteiger partial charge < -0.3 is 9.80 Å². The number of pyridine rings is 1.